The fraction of sp³-hybridized carbons (Fsp3) is 0.647. The van der Waals surface area contributed by atoms with E-state index in [4.69, 9.17) is 4.74 Å². The maximum Gasteiger partial charge on any atom is 0.118 e. The molecule has 0 heterocycles. The maximum absolute atomic E-state index is 11.1. The van der Waals surface area contributed by atoms with Crippen LogP contribution in [-0.4, -0.2) is 48.8 Å². The molecule has 0 saturated heterocycles. The minimum absolute atomic E-state index is 0. The molecule has 1 saturated carbocycles. The molecule has 0 bridgehead atoms. The maximum atomic E-state index is 11.1. The second kappa shape index (κ2) is 9.36. The zero-order chi connectivity index (χ0) is 14.6. The summed E-state index contributed by atoms with van der Waals surface area (Å²) in [7, 11) is 5.83. The van der Waals surface area contributed by atoms with Gasteiger partial charge in [0.1, 0.15) is 5.75 Å². The Kier molecular flexibility index (Phi) is 9.01. The number of hydrogen-bond acceptors (Lipinski definition) is 3. The third kappa shape index (κ3) is 5.13. The number of hydrogen-bond donors (Lipinski definition) is 1. The highest BCUT2D eigenvalue weighted by atomic mass is 35.5. The van der Waals surface area contributed by atoms with Gasteiger partial charge in [0.25, 0.3) is 0 Å². The van der Waals surface area contributed by atoms with E-state index in [0.717, 1.165) is 38.0 Å². The van der Waals surface area contributed by atoms with Gasteiger partial charge in [-0.05, 0) is 44.6 Å². The van der Waals surface area contributed by atoms with Crippen molar-refractivity contribution in [3.63, 3.8) is 0 Å². The molecule has 0 aromatic heterocycles. The van der Waals surface area contributed by atoms with E-state index in [-0.39, 0.29) is 23.8 Å². The summed E-state index contributed by atoms with van der Waals surface area (Å²) < 4.78 is 5.23. The van der Waals surface area contributed by atoms with Crippen LogP contribution in [-0.2, 0) is 0 Å². The first-order chi connectivity index (χ1) is 9.55. The topological polar surface area (TPSA) is 64.2 Å². The van der Waals surface area contributed by atoms with Crippen LogP contribution in [0.25, 0.3) is 0 Å². The Morgan fingerprint density at radius 3 is 2.14 bits per heavy atom. The number of ether oxygens (including phenoxy) is 1. The summed E-state index contributed by atoms with van der Waals surface area (Å²) in [5.74, 6) is 1.04. The van der Waals surface area contributed by atoms with Crippen molar-refractivity contribution < 1.29 is 15.3 Å². The lowest BCUT2D eigenvalue weighted by atomic mass is 9.72. The zero-order valence-electron chi connectivity index (χ0n) is 13.8. The molecule has 1 aliphatic rings. The van der Waals surface area contributed by atoms with Crippen molar-refractivity contribution in [1.29, 1.82) is 0 Å². The molecule has 3 N–H and O–H groups in total. The lowest BCUT2D eigenvalue weighted by Crippen LogP contribution is -2.42. The smallest absolute Gasteiger partial charge is 0.118 e. The van der Waals surface area contributed by atoms with Gasteiger partial charge in [-0.3, -0.25) is 0 Å². The normalized spacial score (nSPS) is 18.0. The largest absolute Gasteiger partial charge is 0.497 e. The molecule has 0 spiro atoms. The van der Waals surface area contributed by atoms with Crippen LogP contribution in [0, 0.1) is 0 Å². The third-order valence-electron chi connectivity index (χ3n) is 4.43. The van der Waals surface area contributed by atoms with E-state index in [1.165, 1.54) is 12.0 Å². The number of rotatable bonds is 5. The highest BCUT2D eigenvalue weighted by molar-refractivity contribution is 5.85. The summed E-state index contributed by atoms with van der Waals surface area (Å²) >= 11 is 0. The van der Waals surface area contributed by atoms with E-state index in [1.54, 1.807) is 7.11 Å². The molecule has 4 nitrogen and oxygen atoms in total. The Morgan fingerprint density at radius 1 is 1.14 bits per heavy atom. The van der Waals surface area contributed by atoms with Gasteiger partial charge in [0.05, 0.1) is 12.7 Å². The Hall–Kier alpha value is -0.810. The number of aliphatic hydroxyl groups is 1. The van der Waals surface area contributed by atoms with Crippen molar-refractivity contribution in [3.8, 4) is 5.75 Å². The van der Waals surface area contributed by atoms with Gasteiger partial charge >= 0.3 is 0 Å². The Morgan fingerprint density at radius 2 is 1.68 bits per heavy atom. The minimum Gasteiger partial charge on any atom is -0.497 e. The molecule has 0 aliphatic heterocycles. The van der Waals surface area contributed by atoms with Crippen molar-refractivity contribution in [2.45, 2.75) is 43.6 Å². The Labute approximate surface area is 140 Å². The van der Waals surface area contributed by atoms with Crippen molar-refractivity contribution in [2.75, 3.05) is 27.7 Å². The number of methoxy groups -OCH3 is 1. The monoisotopic (exact) mass is 331 g/mol. The Bertz CT molecular complexity index is 416. The first-order valence-corrected chi connectivity index (χ1v) is 7.56. The summed E-state index contributed by atoms with van der Waals surface area (Å²) in [4.78, 5) is 2.17. The molecule has 1 aromatic carbocycles. The van der Waals surface area contributed by atoms with Crippen LogP contribution >= 0.6 is 12.4 Å². The van der Waals surface area contributed by atoms with Crippen LogP contribution < -0.4 is 4.74 Å². The van der Waals surface area contributed by atoms with Gasteiger partial charge in [0.2, 0.25) is 0 Å². The van der Waals surface area contributed by atoms with Crippen LogP contribution in [0.4, 0.5) is 0 Å². The number of benzene rings is 1. The van der Waals surface area contributed by atoms with E-state index in [9.17, 15) is 5.11 Å². The average Bonchev–Trinajstić information content (AvgIpc) is 2.45. The number of nitrogens with zero attached hydrogens (tertiary/aromatic N) is 1. The first-order valence-electron chi connectivity index (χ1n) is 7.56. The van der Waals surface area contributed by atoms with Gasteiger partial charge in [-0.2, -0.15) is 0 Å². The van der Waals surface area contributed by atoms with Crippen molar-refractivity contribution >= 4 is 12.4 Å². The molecule has 0 amide bonds. The van der Waals surface area contributed by atoms with Gasteiger partial charge in [-0.1, -0.05) is 31.4 Å². The first kappa shape index (κ1) is 21.2. The lowest BCUT2D eigenvalue weighted by molar-refractivity contribution is -0.0277. The lowest BCUT2D eigenvalue weighted by Gasteiger charge is -2.40. The van der Waals surface area contributed by atoms with E-state index in [0.29, 0.717) is 0 Å². The van der Waals surface area contributed by atoms with E-state index in [1.807, 2.05) is 12.1 Å². The number of likely N-dealkylation sites (N-methyl/N-ethyl adjacent to an activating group) is 1. The van der Waals surface area contributed by atoms with Gasteiger partial charge in [0.15, 0.2) is 0 Å². The second-order valence-corrected chi connectivity index (χ2v) is 6.25. The second-order valence-electron chi connectivity index (χ2n) is 6.25. The average molecular weight is 332 g/mol. The van der Waals surface area contributed by atoms with Gasteiger partial charge < -0.3 is 20.2 Å². The van der Waals surface area contributed by atoms with Crippen molar-refractivity contribution in [2.24, 2.45) is 0 Å². The summed E-state index contributed by atoms with van der Waals surface area (Å²) in [6.07, 6.45) is 5.35. The summed E-state index contributed by atoms with van der Waals surface area (Å²) in [6.45, 7) is 0.878. The van der Waals surface area contributed by atoms with Gasteiger partial charge in [-0.15, -0.1) is 12.4 Å². The quantitative estimate of drug-likeness (QED) is 0.902. The Balaban J connectivity index is 0.00000220. The molecule has 22 heavy (non-hydrogen) atoms. The summed E-state index contributed by atoms with van der Waals surface area (Å²) in [5.41, 5.74) is 0.654. The molecule has 5 heteroatoms. The summed E-state index contributed by atoms with van der Waals surface area (Å²) in [5, 5.41) is 11.1. The van der Waals surface area contributed by atoms with Crippen LogP contribution in [0.2, 0.25) is 0 Å². The van der Waals surface area contributed by atoms with Gasteiger partial charge in [-0.25, -0.2) is 0 Å². The predicted molar refractivity (Wildman–Crippen MR) is 93.2 cm³/mol. The zero-order valence-corrected chi connectivity index (χ0v) is 14.7. The molecule has 128 valence electrons. The molecular formula is C17H30ClNO3. The summed E-state index contributed by atoms with van der Waals surface area (Å²) in [6, 6.07) is 8.17. The van der Waals surface area contributed by atoms with Crippen molar-refractivity contribution in [1.82, 2.24) is 4.90 Å². The van der Waals surface area contributed by atoms with Crippen LogP contribution in [0.15, 0.2) is 24.3 Å². The highest BCUT2D eigenvalue weighted by Crippen LogP contribution is 2.40. The fourth-order valence-corrected chi connectivity index (χ4v) is 3.30. The molecular weight excluding hydrogens is 302 g/mol. The van der Waals surface area contributed by atoms with Crippen molar-refractivity contribution in [3.05, 3.63) is 29.8 Å². The SMILES string of the molecule is COc1ccc(C(CN(C)C)C2(O)CCCCC2)cc1.Cl.O. The number of halogens is 1. The van der Waals surface area contributed by atoms with E-state index in [2.05, 4.69) is 31.1 Å². The molecule has 0 radical (unpaired) electrons. The molecule has 1 aliphatic carbocycles. The van der Waals surface area contributed by atoms with Gasteiger partial charge in [0, 0.05) is 12.5 Å². The standard InChI is InChI=1S/C17H27NO2.ClH.H2O/c1-18(2)13-16(17(19)11-5-4-6-12-17)14-7-9-15(20-3)10-8-14;;/h7-10,16,19H,4-6,11-13H2,1-3H3;1H;1H2. The highest BCUT2D eigenvalue weighted by Gasteiger charge is 2.38. The molecule has 1 aromatic rings. The fourth-order valence-electron chi connectivity index (χ4n) is 3.30. The minimum atomic E-state index is -0.558. The third-order valence-corrected chi connectivity index (χ3v) is 4.43. The van der Waals surface area contributed by atoms with Crippen LogP contribution in [0.1, 0.15) is 43.6 Å². The molecule has 1 unspecified atom stereocenters. The van der Waals surface area contributed by atoms with Crippen LogP contribution in [0.3, 0.4) is 0 Å². The van der Waals surface area contributed by atoms with Crippen LogP contribution in [0.5, 0.6) is 5.75 Å². The van der Waals surface area contributed by atoms with E-state index < -0.39 is 5.60 Å². The molecule has 1 fully saturated rings. The molecule has 2 rings (SSSR count). The van der Waals surface area contributed by atoms with E-state index >= 15 is 0 Å². The molecule has 1 atom stereocenters. The predicted octanol–water partition coefficient (Wildman–Crippen LogP) is 2.63.